The number of fused-ring (bicyclic) bond motifs is 1. The van der Waals surface area contributed by atoms with Gasteiger partial charge in [-0.05, 0) is 114 Å². The first-order valence-electron chi connectivity index (χ1n) is 20.3. The Bertz CT molecular complexity index is 2400. The van der Waals surface area contributed by atoms with Gasteiger partial charge in [-0.1, -0.05) is 61.4 Å². The van der Waals surface area contributed by atoms with Crippen LogP contribution in [0.5, 0.6) is 11.5 Å². The van der Waals surface area contributed by atoms with Crippen LogP contribution in [0.2, 0.25) is 5.02 Å². The lowest BCUT2D eigenvalue weighted by atomic mass is 9.72. The van der Waals surface area contributed by atoms with Gasteiger partial charge in [-0.2, -0.15) is 0 Å². The molecular formula is C46H49ClN6O5S. The van der Waals surface area contributed by atoms with Crippen LogP contribution in [0.25, 0.3) is 22.2 Å². The van der Waals surface area contributed by atoms with E-state index < -0.39 is 0 Å². The summed E-state index contributed by atoms with van der Waals surface area (Å²) < 4.78 is 14.8. The van der Waals surface area contributed by atoms with E-state index in [1.807, 2.05) is 48.7 Å². The number of nitrogens with one attached hydrogen (secondary N) is 2. The minimum absolute atomic E-state index is 0.0410. The molecule has 13 heteroatoms. The molecule has 8 rings (SSSR count). The molecule has 1 saturated heterocycles. The fraction of sp³-hybridized carbons (Fsp3) is 0.348. The number of halogens is 1. The van der Waals surface area contributed by atoms with Crippen LogP contribution in [0.3, 0.4) is 0 Å². The van der Waals surface area contributed by atoms with E-state index in [1.165, 1.54) is 34.8 Å². The van der Waals surface area contributed by atoms with Crippen molar-refractivity contribution >= 4 is 57.3 Å². The third kappa shape index (κ3) is 10.1. The first kappa shape index (κ1) is 40.8. The lowest BCUT2D eigenvalue weighted by molar-refractivity contribution is -0.385. The molecule has 1 fully saturated rings. The molecule has 2 aromatic heterocycles. The standard InChI is InChI=1S/C46H49ClN6O5S/c1-46(2)16-11-36(41(28-46)32-3-7-37(47)8-4-32)30-52-19-13-31(14-20-52)34-6-10-40(43(26-34)58-38-25-35-12-17-48-44(35)49-29-38)45(54)50-59-39-9-5-33(42(27-39)53(55)56)15-18-51-21-23-57-24-22-51/h3-10,12-13,17,25-27,29H,11,14-16,18-24,28,30H2,1-2H3,(H,48,49)(H,50,54). The summed E-state index contributed by atoms with van der Waals surface area (Å²) in [7, 11) is 0. The molecule has 2 aliphatic heterocycles. The van der Waals surface area contributed by atoms with E-state index in [0.717, 1.165) is 92.1 Å². The lowest BCUT2D eigenvalue weighted by Gasteiger charge is -2.36. The van der Waals surface area contributed by atoms with Crippen molar-refractivity contribution in [1.29, 1.82) is 0 Å². The van der Waals surface area contributed by atoms with Crippen molar-refractivity contribution in [3.05, 3.63) is 134 Å². The summed E-state index contributed by atoms with van der Waals surface area (Å²) in [4.78, 5) is 38.5. The van der Waals surface area contributed by atoms with Gasteiger partial charge >= 0.3 is 0 Å². The van der Waals surface area contributed by atoms with Gasteiger partial charge in [-0.3, -0.25) is 29.4 Å². The third-order valence-electron chi connectivity index (χ3n) is 11.6. The number of allylic oxidation sites excluding steroid dienone is 1. The topological polar surface area (TPSA) is 126 Å². The number of nitro benzene ring substituents is 1. The number of nitrogens with zero attached hydrogens (tertiary/aromatic N) is 4. The number of hydrogen-bond acceptors (Lipinski definition) is 9. The van der Waals surface area contributed by atoms with Crippen LogP contribution in [-0.2, 0) is 11.2 Å². The summed E-state index contributed by atoms with van der Waals surface area (Å²) in [6, 6.07) is 22.9. The van der Waals surface area contributed by atoms with Crippen LogP contribution in [0.4, 0.5) is 5.69 Å². The summed E-state index contributed by atoms with van der Waals surface area (Å²) in [5, 5.41) is 13.7. The van der Waals surface area contributed by atoms with Gasteiger partial charge in [-0.25, -0.2) is 4.98 Å². The number of aromatic amines is 1. The van der Waals surface area contributed by atoms with Crippen LogP contribution in [0.15, 0.2) is 102 Å². The zero-order valence-electron chi connectivity index (χ0n) is 33.5. The molecule has 0 spiro atoms. The van der Waals surface area contributed by atoms with E-state index in [1.54, 1.807) is 18.3 Å². The Hall–Kier alpha value is -4.98. The van der Waals surface area contributed by atoms with Crippen molar-refractivity contribution in [3.63, 3.8) is 0 Å². The van der Waals surface area contributed by atoms with Gasteiger partial charge in [0.2, 0.25) is 0 Å². The van der Waals surface area contributed by atoms with Gasteiger partial charge in [0.1, 0.15) is 17.1 Å². The molecule has 3 aromatic carbocycles. The molecule has 4 heterocycles. The fourth-order valence-electron chi connectivity index (χ4n) is 8.20. The van der Waals surface area contributed by atoms with Crippen molar-refractivity contribution in [2.75, 3.05) is 52.5 Å². The second-order valence-electron chi connectivity index (χ2n) is 16.3. The Morgan fingerprint density at radius 2 is 1.83 bits per heavy atom. The van der Waals surface area contributed by atoms with E-state index in [4.69, 9.17) is 21.1 Å². The van der Waals surface area contributed by atoms with Crippen molar-refractivity contribution in [2.45, 2.75) is 50.8 Å². The molecule has 11 nitrogen and oxygen atoms in total. The van der Waals surface area contributed by atoms with Gasteiger partial charge in [0.05, 0.1) is 29.9 Å². The molecule has 0 saturated carbocycles. The molecule has 0 bridgehead atoms. The zero-order chi connectivity index (χ0) is 40.9. The Morgan fingerprint density at radius 3 is 2.61 bits per heavy atom. The monoisotopic (exact) mass is 832 g/mol. The maximum atomic E-state index is 13.9. The maximum absolute atomic E-state index is 13.9. The number of hydrogen-bond donors (Lipinski definition) is 2. The predicted molar refractivity (Wildman–Crippen MR) is 235 cm³/mol. The molecule has 1 amide bonds. The number of nitro groups is 1. The van der Waals surface area contributed by atoms with Crippen molar-refractivity contribution in [3.8, 4) is 11.5 Å². The van der Waals surface area contributed by atoms with Crippen LogP contribution in [-0.4, -0.2) is 83.1 Å². The average Bonchev–Trinajstić information content (AvgIpc) is 3.72. The number of morpholine rings is 1. The summed E-state index contributed by atoms with van der Waals surface area (Å²) in [6.07, 6.45) is 10.5. The smallest absolute Gasteiger partial charge is 0.273 e. The lowest BCUT2D eigenvalue weighted by Crippen LogP contribution is -2.37. The highest BCUT2D eigenvalue weighted by Crippen LogP contribution is 2.44. The first-order valence-corrected chi connectivity index (χ1v) is 21.4. The molecule has 2 N–H and O–H groups in total. The average molecular weight is 833 g/mol. The van der Waals surface area contributed by atoms with Crippen LogP contribution >= 0.6 is 23.5 Å². The summed E-state index contributed by atoms with van der Waals surface area (Å²) in [5.74, 6) is 0.520. The molecular weight excluding hydrogens is 784 g/mol. The van der Waals surface area contributed by atoms with Crippen LogP contribution in [0.1, 0.15) is 66.6 Å². The Kier molecular flexibility index (Phi) is 12.5. The van der Waals surface area contributed by atoms with Gasteiger partial charge in [0.25, 0.3) is 11.6 Å². The molecule has 59 heavy (non-hydrogen) atoms. The van der Waals surface area contributed by atoms with Crippen molar-refractivity contribution in [1.82, 2.24) is 24.5 Å². The Labute approximate surface area is 354 Å². The molecule has 5 aromatic rings. The largest absolute Gasteiger partial charge is 0.455 e. The minimum Gasteiger partial charge on any atom is -0.455 e. The van der Waals surface area contributed by atoms with Gasteiger partial charge in [0, 0.05) is 72.4 Å². The fourth-order valence-corrected chi connectivity index (χ4v) is 8.95. The predicted octanol–water partition coefficient (Wildman–Crippen LogP) is 9.98. The number of carbonyl (C=O) groups excluding carboxylic acids is 1. The normalized spacial score (nSPS) is 17.5. The molecule has 3 aliphatic rings. The quantitative estimate of drug-likeness (QED) is 0.0678. The molecule has 1 aliphatic carbocycles. The van der Waals surface area contributed by atoms with Crippen molar-refractivity contribution in [2.24, 2.45) is 5.41 Å². The minimum atomic E-state index is -0.379. The highest BCUT2D eigenvalue weighted by Gasteiger charge is 2.29. The second-order valence-corrected chi connectivity index (χ2v) is 17.6. The second kappa shape index (κ2) is 18.1. The van der Waals surface area contributed by atoms with Gasteiger partial charge in [-0.15, -0.1) is 0 Å². The van der Waals surface area contributed by atoms with Gasteiger partial charge in [0.15, 0.2) is 0 Å². The van der Waals surface area contributed by atoms with E-state index in [0.29, 0.717) is 47.2 Å². The number of benzene rings is 3. The van der Waals surface area contributed by atoms with Crippen LogP contribution < -0.4 is 9.46 Å². The number of pyridine rings is 1. The maximum Gasteiger partial charge on any atom is 0.273 e. The van der Waals surface area contributed by atoms with E-state index in [-0.39, 0.29) is 21.9 Å². The van der Waals surface area contributed by atoms with E-state index in [2.05, 4.69) is 56.5 Å². The number of amides is 1. The highest BCUT2D eigenvalue weighted by molar-refractivity contribution is 7.98. The third-order valence-corrected chi connectivity index (χ3v) is 12.6. The summed E-state index contributed by atoms with van der Waals surface area (Å²) >= 11 is 7.29. The molecule has 0 atom stereocenters. The molecule has 0 unspecified atom stereocenters. The van der Waals surface area contributed by atoms with Crippen molar-refractivity contribution < 1.29 is 19.2 Å². The zero-order valence-corrected chi connectivity index (χ0v) is 35.0. The number of rotatable bonds is 13. The number of carbonyl (C=O) groups is 1. The van der Waals surface area contributed by atoms with Gasteiger partial charge < -0.3 is 14.5 Å². The number of aromatic nitrogens is 2. The summed E-state index contributed by atoms with van der Waals surface area (Å²) in [5.41, 5.74) is 8.45. The highest BCUT2D eigenvalue weighted by atomic mass is 35.5. The van der Waals surface area contributed by atoms with Crippen LogP contribution in [0, 0.1) is 15.5 Å². The Balaban J connectivity index is 0.991. The SMILES string of the molecule is CC1(C)CCC(CN2CC=C(c3ccc(C(=O)NSc4ccc(CCN5CCOCC5)c([N+](=O)[O-])c4)c(Oc4cnc5[nH]ccc5c4)c3)CC2)=C(c2ccc(Cl)cc2)C1. The number of ether oxygens (including phenoxy) is 2. The van der Waals surface area contributed by atoms with E-state index >= 15 is 0 Å². The molecule has 306 valence electrons. The Morgan fingerprint density at radius 1 is 1.02 bits per heavy atom. The molecule has 0 radical (unpaired) electrons. The summed E-state index contributed by atoms with van der Waals surface area (Å²) in [6.45, 7) is 11.1. The number of H-pyrrole nitrogens is 1. The van der Waals surface area contributed by atoms with E-state index in [9.17, 15) is 14.9 Å². The first-order chi connectivity index (χ1) is 28.6.